The number of nitrogens with zero attached hydrogens (tertiary/aromatic N) is 1. The van der Waals surface area contributed by atoms with Crippen LogP contribution in [-0.2, 0) is 13.0 Å². The number of carbonyl (C=O) groups is 1. The molecule has 2 rings (SSSR count). The molecule has 0 bridgehead atoms. The summed E-state index contributed by atoms with van der Waals surface area (Å²) >= 11 is 1.44. The van der Waals surface area contributed by atoms with Crippen molar-refractivity contribution >= 4 is 17.1 Å². The average molecular weight is 303 g/mol. The molecular formula is C17H21NO2S. The zero-order valence-corrected chi connectivity index (χ0v) is 13.8. The summed E-state index contributed by atoms with van der Waals surface area (Å²) in [4.78, 5) is 17.0. The molecule has 1 aromatic carbocycles. The number of thiazole rings is 1. The molecule has 0 amide bonds. The number of benzene rings is 1. The van der Waals surface area contributed by atoms with Gasteiger partial charge in [-0.05, 0) is 24.0 Å². The van der Waals surface area contributed by atoms with Crippen LogP contribution in [-0.4, -0.2) is 10.8 Å². The SMILES string of the molecule is CCc1ccccc1OCc1nc(C(C)C)c(C(C)=O)s1. The van der Waals surface area contributed by atoms with E-state index in [4.69, 9.17) is 4.74 Å². The number of para-hydroxylation sites is 1. The summed E-state index contributed by atoms with van der Waals surface area (Å²) < 4.78 is 5.88. The maximum absolute atomic E-state index is 11.7. The fourth-order valence-corrected chi connectivity index (χ4v) is 3.19. The maximum atomic E-state index is 11.7. The third-order valence-electron chi connectivity index (χ3n) is 3.27. The van der Waals surface area contributed by atoms with Crippen molar-refractivity contribution in [3.8, 4) is 5.75 Å². The van der Waals surface area contributed by atoms with E-state index in [2.05, 4.69) is 31.8 Å². The van der Waals surface area contributed by atoms with Gasteiger partial charge in [0.15, 0.2) is 5.78 Å². The van der Waals surface area contributed by atoms with Crippen LogP contribution in [0.1, 0.15) is 59.5 Å². The topological polar surface area (TPSA) is 39.2 Å². The molecule has 0 N–H and O–H groups in total. The Kier molecular flexibility index (Phi) is 5.12. The summed E-state index contributed by atoms with van der Waals surface area (Å²) in [6.07, 6.45) is 0.935. The lowest BCUT2D eigenvalue weighted by Crippen LogP contribution is -1.99. The largest absolute Gasteiger partial charge is 0.486 e. The van der Waals surface area contributed by atoms with Crippen LogP contribution in [0.4, 0.5) is 0 Å². The Morgan fingerprint density at radius 2 is 2.05 bits per heavy atom. The smallest absolute Gasteiger partial charge is 0.171 e. The van der Waals surface area contributed by atoms with Gasteiger partial charge in [0.2, 0.25) is 0 Å². The Morgan fingerprint density at radius 3 is 2.62 bits per heavy atom. The van der Waals surface area contributed by atoms with Gasteiger partial charge in [0.05, 0.1) is 10.6 Å². The highest BCUT2D eigenvalue weighted by Crippen LogP contribution is 2.27. The summed E-state index contributed by atoms with van der Waals surface area (Å²) in [5.74, 6) is 1.22. The molecule has 0 fully saturated rings. The zero-order valence-electron chi connectivity index (χ0n) is 13.0. The summed E-state index contributed by atoms with van der Waals surface area (Å²) in [6, 6.07) is 8.02. The van der Waals surface area contributed by atoms with Gasteiger partial charge >= 0.3 is 0 Å². The van der Waals surface area contributed by atoms with E-state index in [1.54, 1.807) is 6.92 Å². The van der Waals surface area contributed by atoms with Crippen LogP contribution in [0.5, 0.6) is 5.75 Å². The number of ketones is 1. The van der Waals surface area contributed by atoms with Gasteiger partial charge in [-0.25, -0.2) is 4.98 Å². The van der Waals surface area contributed by atoms with E-state index in [-0.39, 0.29) is 11.7 Å². The number of Topliss-reactive ketones (excluding diaryl/α,β-unsaturated/α-hetero) is 1. The fraction of sp³-hybridized carbons (Fsp3) is 0.412. The predicted octanol–water partition coefficient (Wildman–Crippen LogP) is 4.61. The van der Waals surface area contributed by atoms with Crippen LogP contribution in [0.15, 0.2) is 24.3 Å². The lowest BCUT2D eigenvalue weighted by Gasteiger charge is -2.08. The van der Waals surface area contributed by atoms with Crippen molar-refractivity contribution in [2.75, 3.05) is 0 Å². The van der Waals surface area contributed by atoms with E-state index in [0.717, 1.165) is 27.7 Å². The number of hydrogen-bond donors (Lipinski definition) is 0. The van der Waals surface area contributed by atoms with Crippen LogP contribution in [0.3, 0.4) is 0 Å². The van der Waals surface area contributed by atoms with Gasteiger partial charge in [-0.2, -0.15) is 0 Å². The molecular weight excluding hydrogens is 282 g/mol. The Labute approximate surface area is 130 Å². The van der Waals surface area contributed by atoms with Crippen molar-refractivity contribution < 1.29 is 9.53 Å². The minimum Gasteiger partial charge on any atom is -0.486 e. The first-order valence-electron chi connectivity index (χ1n) is 7.24. The van der Waals surface area contributed by atoms with Crippen molar-refractivity contribution in [1.29, 1.82) is 0 Å². The molecule has 112 valence electrons. The summed E-state index contributed by atoms with van der Waals surface area (Å²) in [5, 5.41) is 0.856. The van der Waals surface area contributed by atoms with Crippen molar-refractivity contribution in [2.24, 2.45) is 0 Å². The third-order valence-corrected chi connectivity index (χ3v) is 4.41. The highest BCUT2D eigenvalue weighted by molar-refractivity contribution is 7.13. The Bertz CT molecular complexity index is 631. The number of carbonyl (C=O) groups excluding carboxylic acids is 1. The molecule has 0 radical (unpaired) electrons. The van der Waals surface area contributed by atoms with E-state index in [1.807, 2.05) is 18.2 Å². The molecule has 3 nitrogen and oxygen atoms in total. The van der Waals surface area contributed by atoms with Gasteiger partial charge in [0, 0.05) is 6.92 Å². The number of aromatic nitrogens is 1. The molecule has 0 atom stereocenters. The van der Waals surface area contributed by atoms with Crippen LogP contribution >= 0.6 is 11.3 Å². The van der Waals surface area contributed by atoms with Gasteiger partial charge in [-0.1, -0.05) is 39.0 Å². The van der Waals surface area contributed by atoms with Crippen LogP contribution in [0, 0.1) is 0 Å². The molecule has 1 aromatic heterocycles. The maximum Gasteiger partial charge on any atom is 0.171 e. The van der Waals surface area contributed by atoms with E-state index in [0.29, 0.717) is 6.61 Å². The summed E-state index contributed by atoms with van der Waals surface area (Å²) in [6.45, 7) is 8.22. The van der Waals surface area contributed by atoms with Gasteiger partial charge in [-0.15, -0.1) is 11.3 Å². The number of rotatable bonds is 6. The predicted molar refractivity (Wildman–Crippen MR) is 86.4 cm³/mol. The normalized spacial score (nSPS) is 10.9. The van der Waals surface area contributed by atoms with Crippen molar-refractivity contribution in [2.45, 2.75) is 46.6 Å². The molecule has 0 spiro atoms. The van der Waals surface area contributed by atoms with E-state index in [9.17, 15) is 4.79 Å². The summed E-state index contributed by atoms with van der Waals surface area (Å²) in [5.41, 5.74) is 2.07. The van der Waals surface area contributed by atoms with Crippen LogP contribution < -0.4 is 4.74 Å². The first kappa shape index (κ1) is 15.7. The van der Waals surface area contributed by atoms with Crippen molar-refractivity contribution in [3.05, 3.63) is 45.4 Å². The molecule has 21 heavy (non-hydrogen) atoms. The molecule has 4 heteroatoms. The van der Waals surface area contributed by atoms with Gasteiger partial charge in [0.25, 0.3) is 0 Å². The Balaban J connectivity index is 2.17. The zero-order chi connectivity index (χ0) is 15.4. The lowest BCUT2D eigenvalue weighted by atomic mass is 10.1. The van der Waals surface area contributed by atoms with Crippen LogP contribution in [0.2, 0.25) is 0 Å². The monoisotopic (exact) mass is 303 g/mol. The second-order valence-electron chi connectivity index (χ2n) is 5.28. The molecule has 0 saturated heterocycles. The quantitative estimate of drug-likeness (QED) is 0.731. The minimum atomic E-state index is 0.0800. The second kappa shape index (κ2) is 6.85. The standard InChI is InChI=1S/C17H21NO2S/c1-5-13-8-6-7-9-14(13)20-10-15-18-16(11(2)3)17(21-15)12(4)19/h6-9,11H,5,10H2,1-4H3. The van der Waals surface area contributed by atoms with Gasteiger partial charge in [-0.3, -0.25) is 4.79 Å². The molecule has 0 aliphatic heterocycles. The highest BCUT2D eigenvalue weighted by atomic mass is 32.1. The fourth-order valence-electron chi connectivity index (χ4n) is 2.16. The minimum absolute atomic E-state index is 0.0800. The Morgan fingerprint density at radius 1 is 1.33 bits per heavy atom. The van der Waals surface area contributed by atoms with E-state index in [1.165, 1.54) is 16.9 Å². The van der Waals surface area contributed by atoms with Crippen molar-refractivity contribution in [3.63, 3.8) is 0 Å². The molecule has 0 unspecified atom stereocenters. The van der Waals surface area contributed by atoms with Crippen molar-refractivity contribution in [1.82, 2.24) is 4.98 Å². The summed E-state index contributed by atoms with van der Waals surface area (Å²) in [7, 11) is 0. The highest BCUT2D eigenvalue weighted by Gasteiger charge is 2.17. The molecule has 0 aliphatic rings. The average Bonchev–Trinajstić information content (AvgIpc) is 2.90. The van der Waals surface area contributed by atoms with Crippen LogP contribution in [0.25, 0.3) is 0 Å². The van der Waals surface area contributed by atoms with Gasteiger partial charge in [0.1, 0.15) is 17.4 Å². The first-order chi connectivity index (χ1) is 10.0. The lowest BCUT2D eigenvalue weighted by molar-refractivity contribution is 0.102. The molecule has 0 saturated carbocycles. The molecule has 0 aliphatic carbocycles. The number of ether oxygens (including phenoxy) is 1. The van der Waals surface area contributed by atoms with Gasteiger partial charge < -0.3 is 4.74 Å². The molecule has 1 heterocycles. The van der Waals surface area contributed by atoms with E-state index < -0.39 is 0 Å². The number of aryl methyl sites for hydroxylation is 1. The number of hydrogen-bond acceptors (Lipinski definition) is 4. The Hall–Kier alpha value is -1.68. The third kappa shape index (κ3) is 3.70. The molecule has 2 aromatic rings. The first-order valence-corrected chi connectivity index (χ1v) is 8.05. The second-order valence-corrected chi connectivity index (χ2v) is 6.37. The van der Waals surface area contributed by atoms with E-state index >= 15 is 0 Å².